The Labute approximate surface area is 163 Å². The molecule has 1 fully saturated rings. The van der Waals surface area contributed by atoms with Gasteiger partial charge in [0, 0.05) is 12.2 Å². The normalized spacial score (nSPS) is 20.2. The van der Waals surface area contributed by atoms with Gasteiger partial charge in [-0.15, -0.1) is 6.58 Å². The van der Waals surface area contributed by atoms with Gasteiger partial charge in [0.1, 0.15) is 12.1 Å². The molecule has 0 saturated carbocycles. The van der Waals surface area contributed by atoms with E-state index in [2.05, 4.69) is 11.9 Å². The maximum absolute atomic E-state index is 13.2. The van der Waals surface area contributed by atoms with Crippen molar-refractivity contribution in [2.24, 2.45) is 0 Å². The monoisotopic (exact) mass is 375 g/mol. The van der Waals surface area contributed by atoms with Crippen LogP contribution in [0.5, 0.6) is 0 Å². The number of imide groups is 1. The summed E-state index contributed by atoms with van der Waals surface area (Å²) in [7, 11) is 0. The number of carbonyl (C=O) groups excluding carboxylic acids is 3. The molecule has 1 heterocycles. The Morgan fingerprint density at radius 2 is 1.86 bits per heavy atom. The highest BCUT2D eigenvalue weighted by atomic mass is 16.2. The van der Waals surface area contributed by atoms with Gasteiger partial charge in [-0.1, -0.05) is 48.5 Å². The molecule has 6 nitrogen and oxygen atoms in total. The van der Waals surface area contributed by atoms with Crippen LogP contribution in [-0.4, -0.2) is 35.8 Å². The first kappa shape index (κ1) is 18.0. The number of nitrogens with one attached hydrogen (secondary N) is 1. The van der Waals surface area contributed by atoms with E-state index in [0.717, 1.165) is 22.4 Å². The number of fused-ring (bicyclic) bond motifs is 2. The number of benzene rings is 2. The number of nitrogens with zero attached hydrogens (tertiary/aromatic N) is 2. The van der Waals surface area contributed by atoms with Gasteiger partial charge in [-0.2, -0.15) is 0 Å². The molecule has 0 unspecified atom stereocenters. The zero-order valence-corrected chi connectivity index (χ0v) is 15.4. The van der Waals surface area contributed by atoms with Crippen LogP contribution in [0.15, 0.2) is 67.3 Å². The molecule has 1 aliphatic heterocycles. The minimum absolute atomic E-state index is 0.292. The van der Waals surface area contributed by atoms with Gasteiger partial charge >= 0.3 is 6.03 Å². The third kappa shape index (κ3) is 2.78. The average Bonchev–Trinajstić information content (AvgIpc) is 3.20. The molecule has 1 spiro atoms. The minimum Gasteiger partial charge on any atom is -0.319 e. The third-order valence-electron chi connectivity index (χ3n) is 5.40. The molecule has 0 radical (unpaired) electrons. The number of hydrogen-bond acceptors (Lipinski definition) is 3. The van der Waals surface area contributed by atoms with Crippen molar-refractivity contribution < 1.29 is 14.4 Å². The molecule has 4 rings (SSSR count). The summed E-state index contributed by atoms with van der Waals surface area (Å²) >= 11 is 0. The van der Waals surface area contributed by atoms with Crippen LogP contribution in [0.4, 0.5) is 10.5 Å². The van der Waals surface area contributed by atoms with Crippen molar-refractivity contribution in [3.8, 4) is 0 Å². The summed E-state index contributed by atoms with van der Waals surface area (Å²) in [5, 5.41) is 2.85. The average molecular weight is 375 g/mol. The van der Waals surface area contributed by atoms with Gasteiger partial charge < -0.3 is 10.2 Å². The largest absolute Gasteiger partial charge is 0.325 e. The van der Waals surface area contributed by atoms with Gasteiger partial charge in [0.25, 0.3) is 5.91 Å². The predicted octanol–water partition coefficient (Wildman–Crippen LogP) is 2.60. The minimum atomic E-state index is -1.05. The summed E-state index contributed by atoms with van der Waals surface area (Å²) < 4.78 is 0. The Morgan fingerprint density at radius 1 is 1.14 bits per heavy atom. The molecule has 2 aliphatic rings. The Bertz CT molecular complexity index is 957. The van der Waals surface area contributed by atoms with Crippen molar-refractivity contribution >= 4 is 23.5 Å². The Morgan fingerprint density at radius 3 is 2.61 bits per heavy atom. The zero-order chi connectivity index (χ0) is 19.7. The van der Waals surface area contributed by atoms with Crippen molar-refractivity contribution in [2.75, 3.05) is 18.0 Å². The molecule has 6 heteroatoms. The molecule has 1 atom stereocenters. The molecule has 28 heavy (non-hydrogen) atoms. The molecule has 2 aromatic rings. The molecule has 4 amide bonds. The molecular formula is C22H21N3O3. The highest BCUT2D eigenvalue weighted by molar-refractivity contribution is 6.11. The van der Waals surface area contributed by atoms with E-state index in [1.165, 1.54) is 4.90 Å². The van der Waals surface area contributed by atoms with E-state index in [1.54, 1.807) is 6.08 Å². The van der Waals surface area contributed by atoms with E-state index >= 15 is 0 Å². The summed E-state index contributed by atoms with van der Waals surface area (Å²) in [5.41, 5.74) is 1.53. The number of carbonyl (C=O) groups is 3. The van der Waals surface area contributed by atoms with Crippen LogP contribution in [0, 0.1) is 0 Å². The topological polar surface area (TPSA) is 69.7 Å². The van der Waals surface area contributed by atoms with Crippen molar-refractivity contribution in [1.82, 2.24) is 10.2 Å². The highest BCUT2D eigenvalue weighted by Crippen LogP contribution is 2.41. The van der Waals surface area contributed by atoms with Crippen molar-refractivity contribution in [2.45, 2.75) is 18.4 Å². The van der Waals surface area contributed by atoms with Crippen LogP contribution < -0.4 is 10.2 Å². The maximum Gasteiger partial charge on any atom is 0.325 e. The molecular weight excluding hydrogens is 354 g/mol. The summed E-state index contributed by atoms with van der Waals surface area (Å²) in [6.45, 7) is 3.68. The molecule has 2 aromatic carbocycles. The first-order chi connectivity index (χ1) is 13.6. The van der Waals surface area contributed by atoms with Gasteiger partial charge in [0.15, 0.2) is 0 Å². The number of aryl methyl sites for hydroxylation is 1. The smallest absolute Gasteiger partial charge is 0.319 e. The van der Waals surface area contributed by atoms with E-state index in [1.807, 2.05) is 54.6 Å². The van der Waals surface area contributed by atoms with Crippen LogP contribution in [0.1, 0.15) is 17.5 Å². The van der Waals surface area contributed by atoms with Crippen molar-refractivity contribution in [3.63, 3.8) is 0 Å². The number of urea groups is 1. The lowest BCUT2D eigenvalue weighted by Gasteiger charge is -2.25. The van der Waals surface area contributed by atoms with Gasteiger partial charge in [0.2, 0.25) is 5.91 Å². The van der Waals surface area contributed by atoms with Gasteiger partial charge in [0.05, 0.1) is 0 Å². The molecule has 1 aliphatic carbocycles. The van der Waals surface area contributed by atoms with Crippen LogP contribution in [0.25, 0.3) is 0 Å². The lowest BCUT2D eigenvalue weighted by molar-refractivity contribution is -0.134. The van der Waals surface area contributed by atoms with Crippen LogP contribution in [-0.2, 0) is 21.5 Å². The highest BCUT2D eigenvalue weighted by Gasteiger charge is 2.55. The fourth-order valence-corrected chi connectivity index (χ4v) is 4.04. The second-order valence-electron chi connectivity index (χ2n) is 7.01. The van der Waals surface area contributed by atoms with Crippen molar-refractivity contribution in [1.29, 1.82) is 0 Å². The van der Waals surface area contributed by atoms with Crippen LogP contribution >= 0.6 is 0 Å². The molecule has 142 valence electrons. The number of rotatable bonds is 5. The first-order valence-corrected chi connectivity index (χ1v) is 9.25. The Kier molecular flexibility index (Phi) is 4.47. The number of amides is 4. The van der Waals surface area contributed by atoms with E-state index in [0.29, 0.717) is 18.7 Å². The first-order valence-electron chi connectivity index (χ1n) is 9.25. The predicted molar refractivity (Wildman–Crippen MR) is 106 cm³/mol. The maximum atomic E-state index is 13.2. The summed E-state index contributed by atoms with van der Waals surface area (Å²) in [6, 6.07) is 16.2. The quantitative estimate of drug-likeness (QED) is 0.645. The lowest BCUT2D eigenvalue weighted by atomic mass is 9.92. The lowest BCUT2D eigenvalue weighted by Crippen LogP contribution is -2.45. The van der Waals surface area contributed by atoms with Crippen LogP contribution in [0.2, 0.25) is 0 Å². The fourth-order valence-electron chi connectivity index (χ4n) is 4.04. The van der Waals surface area contributed by atoms with E-state index in [4.69, 9.17) is 0 Å². The number of anilines is 1. The van der Waals surface area contributed by atoms with E-state index in [9.17, 15) is 14.4 Å². The third-order valence-corrected chi connectivity index (χ3v) is 5.40. The number of hydrogen-bond donors (Lipinski definition) is 1. The summed E-state index contributed by atoms with van der Waals surface area (Å²) in [5.74, 6) is -0.694. The van der Waals surface area contributed by atoms with Gasteiger partial charge in [-0.05, 0) is 36.1 Å². The number of para-hydroxylation sites is 1. The SMILES string of the molecule is C=CCN(C(=O)CN1C(=O)N[C@@]2(CCc3ccccc32)C1=O)c1ccccc1. The van der Waals surface area contributed by atoms with Gasteiger partial charge in [-0.25, -0.2) is 4.79 Å². The van der Waals surface area contributed by atoms with E-state index in [-0.39, 0.29) is 18.4 Å². The molecule has 0 aromatic heterocycles. The van der Waals surface area contributed by atoms with Crippen LogP contribution in [0.3, 0.4) is 0 Å². The molecule has 1 N–H and O–H groups in total. The molecule has 0 bridgehead atoms. The van der Waals surface area contributed by atoms with E-state index < -0.39 is 11.6 Å². The van der Waals surface area contributed by atoms with Gasteiger partial charge in [-0.3, -0.25) is 14.5 Å². The Hall–Kier alpha value is -3.41. The zero-order valence-electron chi connectivity index (χ0n) is 15.4. The summed E-state index contributed by atoms with van der Waals surface area (Å²) in [6.07, 6.45) is 2.85. The summed E-state index contributed by atoms with van der Waals surface area (Å²) in [4.78, 5) is 41.3. The second-order valence-corrected chi connectivity index (χ2v) is 7.01. The fraction of sp³-hybridized carbons (Fsp3) is 0.227. The standard InChI is InChI=1S/C22H21N3O3/c1-2-14-24(17-9-4-3-5-10-17)19(26)15-25-20(27)22(23-21(25)28)13-12-16-8-6-7-11-18(16)22/h2-11H,1,12-15H2,(H,23,28)/t22-/m1/s1. The Balaban J connectivity index is 1.59. The molecule has 1 saturated heterocycles. The van der Waals surface area contributed by atoms with Crippen molar-refractivity contribution in [3.05, 3.63) is 78.4 Å². The second kappa shape index (κ2) is 6.96.